The van der Waals surface area contributed by atoms with Crippen molar-refractivity contribution >= 4 is 35.3 Å². The summed E-state index contributed by atoms with van der Waals surface area (Å²) in [6.45, 7) is 0. The molecular weight excluding hydrogens is 388 g/mol. The van der Waals surface area contributed by atoms with E-state index in [1.807, 2.05) is 5.40 Å². The van der Waals surface area contributed by atoms with Gasteiger partial charge in [0, 0.05) is 11.1 Å². The molecule has 2 N–H and O–H groups in total. The Kier molecular flexibility index (Phi) is 5.45. The third kappa shape index (κ3) is 3.95. The highest BCUT2D eigenvalue weighted by Crippen LogP contribution is 2.30. The van der Waals surface area contributed by atoms with Gasteiger partial charge in [-0.2, -0.15) is 5.26 Å². The maximum Gasteiger partial charge on any atom is 0.335 e. The summed E-state index contributed by atoms with van der Waals surface area (Å²) in [6, 6.07) is 13.1. The Morgan fingerprint density at radius 2 is 1.96 bits per heavy atom. The van der Waals surface area contributed by atoms with Gasteiger partial charge in [-0.05, 0) is 42.1 Å². The van der Waals surface area contributed by atoms with Gasteiger partial charge in [0.1, 0.15) is 11.0 Å². The van der Waals surface area contributed by atoms with Gasteiger partial charge in [0.05, 0.1) is 16.4 Å². The Morgan fingerprint density at radius 1 is 1.22 bits per heavy atom. The van der Waals surface area contributed by atoms with E-state index in [2.05, 4.69) is 9.98 Å². The van der Waals surface area contributed by atoms with E-state index in [0.717, 1.165) is 22.5 Å². The van der Waals surface area contributed by atoms with Crippen LogP contribution in [-0.2, 0) is 0 Å². The molecule has 3 rings (SSSR count). The minimum Gasteiger partial charge on any atom is -0.493 e. The third-order valence-electron chi connectivity index (χ3n) is 3.55. The molecule has 0 unspecified atom stereocenters. The number of hydrogen-bond acceptors (Lipinski definition) is 6. The number of thioether (sulfide) groups is 1. The molecule has 1 heterocycles. The molecule has 7 nitrogen and oxygen atoms in total. The standard InChI is InChI=1S/C18H11ClN4O3S/c19-14-8-11(6-7-15(14)27-10-20)21-9-13-16(24)22-18(26)23(17(13)25)12-4-2-1-3-5-12/h1-9,25H,(H,22,24,26). The number of nitrogens with one attached hydrogen (secondary N) is 1. The van der Waals surface area contributed by atoms with E-state index in [1.54, 1.807) is 42.5 Å². The molecule has 0 saturated carbocycles. The zero-order valence-electron chi connectivity index (χ0n) is 13.6. The normalized spacial score (nSPS) is 10.8. The third-order valence-corrected chi connectivity index (χ3v) is 4.64. The Hall–Kier alpha value is -3.28. The highest BCUT2D eigenvalue weighted by Gasteiger charge is 2.14. The van der Waals surface area contributed by atoms with Crippen LogP contribution in [0.4, 0.5) is 5.69 Å². The number of aromatic amines is 1. The van der Waals surface area contributed by atoms with Gasteiger partial charge in [-0.25, -0.2) is 9.36 Å². The first-order chi connectivity index (χ1) is 13.0. The lowest BCUT2D eigenvalue weighted by atomic mass is 10.3. The lowest BCUT2D eigenvalue weighted by Gasteiger charge is -2.09. The molecular formula is C18H11ClN4O3S. The molecule has 0 spiro atoms. The maximum absolute atomic E-state index is 12.1. The second kappa shape index (κ2) is 7.95. The Labute approximate surface area is 162 Å². The average Bonchev–Trinajstić information content (AvgIpc) is 2.64. The van der Waals surface area contributed by atoms with Crippen molar-refractivity contribution in [1.82, 2.24) is 9.55 Å². The van der Waals surface area contributed by atoms with E-state index in [1.165, 1.54) is 6.07 Å². The largest absolute Gasteiger partial charge is 0.493 e. The number of para-hydroxylation sites is 1. The smallest absolute Gasteiger partial charge is 0.335 e. The lowest BCUT2D eigenvalue weighted by Crippen LogP contribution is -2.31. The fourth-order valence-electron chi connectivity index (χ4n) is 2.31. The van der Waals surface area contributed by atoms with Gasteiger partial charge >= 0.3 is 5.69 Å². The van der Waals surface area contributed by atoms with Crippen molar-refractivity contribution in [3.63, 3.8) is 0 Å². The minimum atomic E-state index is -0.767. The monoisotopic (exact) mass is 398 g/mol. The summed E-state index contributed by atoms with van der Waals surface area (Å²) in [6.07, 6.45) is 1.15. The summed E-state index contributed by atoms with van der Waals surface area (Å²) in [4.78, 5) is 31.0. The minimum absolute atomic E-state index is 0.176. The summed E-state index contributed by atoms with van der Waals surface area (Å²) in [5, 5.41) is 21.4. The van der Waals surface area contributed by atoms with Gasteiger partial charge in [0.15, 0.2) is 0 Å². The van der Waals surface area contributed by atoms with Gasteiger partial charge in [-0.3, -0.25) is 14.8 Å². The number of benzene rings is 2. The molecule has 9 heteroatoms. The maximum atomic E-state index is 12.1. The molecule has 27 heavy (non-hydrogen) atoms. The molecule has 0 bridgehead atoms. The van der Waals surface area contributed by atoms with Crippen molar-refractivity contribution in [1.29, 1.82) is 5.26 Å². The molecule has 0 amide bonds. The molecule has 134 valence electrons. The SMILES string of the molecule is N#CSc1ccc(N=Cc2c(O)n(-c3ccccc3)c(=O)[nH]c2=O)cc1Cl. The number of aromatic nitrogens is 2. The van der Waals surface area contributed by atoms with Gasteiger partial charge in [0.2, 0.25) is 5.88 Å². The number of nitrogens with zero attached hydrogens (tertiary/aromatic N) is 3. The zero-order valence-corrected chi connectivity index (χ0v) is 15.2. The van der Waals surface area contributed by atoms with Gasteiger partial charge in [0.25, 0.3) is 5.56 Å². The predicted molar refractivity (Wildman–Crippen MR) is 105 cm³/mol. The van der Waals surface area contributed by atoms with E-state index in [9.17, 15) is 14.7 Å². The van der Waals surface area contributed by atoms with E-state index < -0.39 is 17.1 Å². The first kappa shape index (κ1) is 18.5. The van der Waals surface area contributed by atoms with Crippen LogP contribution in [0.3, 0.4) is 0 Å². The molecule has 0 atom stereocenters. The van der Waals surface area contributed by atoms with Crippen LogP contribution in [0.25, 0.3) is 5.69 Å². The molecule has 0 aliphatic heterocycles. The Bertz CT molecular complexity index is 1180. The quantitative estimate of drug-likeness (QED) is 0.398. The van der Waals surface area contributed by atoms with Gasteiger partial charge in [-0.1, -0.05) is 29.8 Å². The topological polar surface area (TPSA) is 111 Å². The molecule has 0 aliphatic rings. The van der Waals surface area contributed by atoms with Crippen LogP contribution in [0, 0.1) is 10.7 Å². The summed E-state index contributed by atoms with van der Waals surface area (Å²) in [5.41, 5.74) is -0.895. The first-order valence-electron chi connectivity index (χ1n) is 7.54. The van der Waals surface area contributed by atoms with Gasteiger partial charge < -0.3 is 5.11 Å². The molecule has 0 saturated heterocycles. The molecule has 0 radical (unpaired) electrons. The average molecular weight is 399 g/mol. The van der Waals surface area contributed by atoms with Crippen LogP contribution in [0.15, 0.2) is 68.0 Å². The van der Waals surface area contributed by atoms with Crippen molar-refractivity contribution in [2.75, 3.05) is 0 Å². The number of aliphatic imine (C=N–C) groups is 1. The van der Waals surface area contributed by atoms with Crippen molar-refractivity contribution in [2.45, 2.75) is 4.90 Å². The predicted octanol–water partition coefficient (Wildman–Crippen LogP) is 3.21. The number of nitriles is 1. The van der Waals surface area contributed by atoms with Crippen molar-refractivity contribution in [3.8, 4) is 17.0 Å². The molecule has 1 aromatic heterocycles. The fourth-order valence-corrected chi connectivity index (χ4v) is 2.99. The van der Waals surface area contributed by atoms with Crippen LogP contribution in [-0.4, -0.2) is 20.9 Å². The molecule has 3 aromatic rings. The van der Waals surface area contributed by atoms with Crippen LogP contribution in [0.1, 0.15) is 5.56 Å². The summed E-state index contributed by atoms with van der Waals surface area (Å²) in [7, 11) is 0. The van der Waals surface area contributed by atoms with E-state index in [-0.39, 0.29) is 5.56 Å². The summed E-state index contributed by atoms with van der Waals surface area (Å²) >= 11 is 6.99. The second-order valence-electron chi connectivity index (χ2n) is 5.23. The number of aromatic hydroxyl groups is 1. The van der Waals surface area contributed by atoms with Crippen molar-refractivity contribution in [2.24, 2.45) is 4.99 Å². The fraction of sp³-hybridized carbons (Fsp3) is 0. The summed E-state index contributed by atoms with van der Waals surface area (Å²) in [5.74, 6) is -0.526. The van der Waals surface area contributed by atoms with Crippen molar-refractivity contribution in [3.05, 3.63) is 80.0 Å². The van der Waals surface area contributed by atoms with Gasteiger partial charge in [-0.15, -0.1) is 0 Å². The van der Waals surface area contributed by atoms with Crippen LogP contribution in [0.2, 0.25) is 5.02 Å². The Balaban J connectivity index is 2.04. The van der Waals surface area contributed by atoms with E-state index in [4.69, 9.17) is 16.9 Å². The highest BCUT2D eigenvalue weighted by molar-refractivity contribution is 8.03. The van der Waals surface area contributed by atoms with E-state index in [0.29, 0.717) is 21.3 Å². The number of rotatable bonds is 4. The molecule has 0 aliphatic carbocycles. The number of thiocyanates is 1. The van der Waals surface area contributed by atoms with Crippen LogP contribution in [0.5, 0.6) is 5.88 Å². The Morgan fingerprint density at radius 3 is 2.63 bits per heavy atom. The number of hydrogen-bond donors (Lipinski definition) is 2. The zero-order chi connectivity index (χ0) is 19.4. The summed E-state index contributed by atoms with van der Waals surface area (Å²) < 4.78 is 0.975. The number of halogens is 1. The molecule has 2 aromatic carbocycles. The van der Waals surface area contributed by atoms with E-state index >= 15 is 0 Å². The first-order valence-corrected chi connectivity index (χ1v) is 8.74. The highest BCUT2D eigenvalue weighted by atomic mass is 35.5. The lowest BCUT2D eigenvalue weighted by molar-refractivity contribution is 0.430. The van der Waals surface area contributed by atoms with Crippen LogP contribution < -0.4 is 11.2 Å². The molecule has 0 fully saturated rings. The number of H-pyrrole nitrogens is 1. The van der Waals surface area contributed by atoms with Crippen molar-refractivity contribution < 1.29 is 5.11 Å². The van der Waals surface area contributed by atoms with Crippen LogP contribution >= 0.6 is 23.4 Å². The second-order valence-corrected chi connectivity index (χ2v) is 6.47.